The van der Waals surface area contributed by atoms with Crippen LogP contribution in [0.2, 0.25) is 0 Å². The topological polar surface area (TPSA) is 84.2 Å². The second kappa shape index (κ2) is 8.31. The van der Waals surface area contributed by atoms with Crippen LogP contribution in [0.25, 0.3) is 16.9 Å². The number of nitrogens with zero attached hydrogens (tertiary/aromatic N) is 2. The Morgan fingerprint density at radius 3 is 2.17 bits per heavy atom. The Kier molecular flexibility index (Phi) is 5.42. The first kappa shape index (κ1) is 18.9. The highest BCUT2D eigenvalue weighted by atomic mass is 16.4. The highest BCUT2D eigenvalue weighted by Gasteiger charge is 2.28. The minimum absolute atomic E-state index is 0.0122. The average Bonchev–Trinajstić information content (AvgIpc) is 3.21. The largest absolute Gasteiger partial charge is 0.481 e. The van der Waals surface area contributed by atoms with Gasteiger partial charge >= 0.3 is 5.97 Å². The van der Waals surface area contributed by atoms with E-state index in [9.17, 15) is 9.59 Å². The minimum atomic E-state index is -0.745. The van der Waals surface area contributed by atoms with Crippen molar-refractivity contribution >= 4 is 11.9 Å². The van der Waals surface area contributed by atoms with Crippen molar-refractivity contribution in [2.24, 2.45) is 5.92 Å². The maximum Gasteiger partial charge on any atom is 0.306 e. The normalized spacial score (nSPS) is 18.9. The van der Waals surface area contributed by atoms with Gasteiger partial charge in [0.05, 0.1) is 17.2 Å². The van der Waals surface area contributed by atoms with Crippen molar-refractivity contribution in [2.45, 2.75) is 31.7 Å². The molecule has 1 heterocycles. The highest BCUT2D eigenvalue weighted by Crippen LogP contribution is 2.27. The number of benzene rings is 2. The van der Waals surface area contributed by atoms with E-state index < -0.39 is 5.97 Å². The lowest BCUT2D eigenvalue weighted by atomic mass is 9.86. The summed E-state index contributed by atoms with van der Waals surface area (Å²) < 4.78 is 1.72. The fraction of sp³-hybridized carbons (Fsp3) is 0.261. The summed E-state index contributed by atoms with van der Waals surface area (Å²) in [6, 6.07) is 19.3. The first-order valence-electron chi connectivity index (χ1n) is 9.86. The molecule has 0 spiro atoms. The number of para-hydroxylation sites is 1. The molecule has 0 saturated heterocycles. The molecule has 1 aliphatic rings. The smallest absolute Gasteiger partial charge is 0.306 e. The van der Waals surface area contributed by atoms with E-state index in [0.717, 1.165) is 11.3 Å². The number of carbonyl (C=O) groups is 2. The molecule has 1 saturated carbocycles. The molecule has 4 rings (SSSR count). The van der Waals surface area contributed by atoms with E-state index in [1.165, 1.54) is 0 Å². The molecule has 2 aromatic carbocycles. The third-order valence-electron chi connectivity index (χ3n) is 5.44. The van der Waals surface area contributed by atoms with E-state index in [1.807, 2.05) is 60.7 Å². The zero-order valence-electron chi connectivity index (χ0n) is 16.0. The lowest BCUT2D eigenvalue weighted by molar-refractivity contribution is -0.142. The molecule has 1 amide bonds. The predicted octanol–water partition coefficient (Wildman–Crippen LogP) is 3.91. The highest BCUT2D eigenvalue weighted by molar-refractivity contribution is 6.00. The third kappa shape index (κ3) is 4.21. The van der Waals surface area contributed by atoms with Gasteiger partial charge in [-0.2, -0.15) is 5.10 Å². The fourth-order valence-electron chi connectivity index (χ4n) is 3.81. The minimum Gasteiger partial charge on any atom is -0.481 e. The Morgan fingerprint density at radius 2 is 1.55 bits per heavy atom. The van der Waals surface area contributed by atoms with Gasteiger partial charge in [0.2, 0.25) is 0 Å². The van der Waals surface area contributed by atoms with Crippen LogP contribution in [0, 0.1) is 5.92 Å². The predicted molar refractivity (Wildman–Crippen MR) is 110 cm³/mol. The van der Waals surface area contributed by atoms with Crippen molar-refractivity contribution in [3.05, 3.63) is 72.4 Å². The summed E-state index contributed by atoms with van der Waals surface area (Å²) in [4.78, 5) is 24.2. The van der Waals surface area contributed by atoms with Gasteiger partial charge in [0.25, 0.3) is 5.91 Å². The van der Waals surface area contributed by atoms with Gasteiger partial charge in [-0.3, -0.25) is 9.59 Å². The molecule has 1 fully saturated rings. The van der Waals surface area contributed by atoms with E-state index in [0.29, 0.717) is 36.9 Å². The lowest BCUT2D eigenvalue weighted by Crippen LogP contribution is -2.38. The van der Waals surface area contributed by atoms with Crippen LogP contribution in [-0.4, -0.2) is 32.8 Å². The van der Waals surface area contributed by atoms with Crippen molar-refractivity contribution in [2.75, 3.05) is 0 Å². The van der Waals surface area contributed by atoms with Crippen LogP contribution in [0.15, 0.2) is 66.9 Å². The van der Waals surface area contributed by atoms with Crippen molar-refractivity contribution in [1.29, 1.82) is 0 Å². The fourth-order valence-corrected chi connectivity index (χ4v) is 3.81. The van der Waals surface area contributed by atoms with Crippen molar-refractivity contribution < 1.29 is 14.7 Å². The standard InChI is InChI=1S/C23H23N3O3/c27-22(24-18-13-11-17(12-14-18)23(28)29)20-15-26(19-9-5-2-6-10-19)25-21(20)16-7-3-1-4-8-16/h1-10,15,17-18H,11-14H2,(H,24,27)(H,28,29). The quantitative estimate of drug-likeness (QED) is 0.693. The molecule has 1 aromatic heterocycles. The van der Waals surface area contributed by atoms with Crippen molar-refractivity contribution in [3.8, 4) is 16.9 Å². The second-order valence-electron chi connectivity index (χ2n) is 7.40. The maximum absolute atomic E-state index is 13.1. The van der Waals surface area contributed by atoms with Gasteiger partial charge < -0.3 is 10.4 Å². The third-order valence-corrected chi connectivity index (χ3v) is 5.44. The summed E-state index contributed by atoms with van der Waals surface area (Å²) in [5.41, 5.74) is 2.90. The summed E-state index contributed by atoms with van der Waals surface area (Å²) in [6.07, 6.45) is 4.30. The Balaban J connectivity index is 1.59. The van der Waals surface area contributed by atoms with E-state index in [2.05, 4.69) is 10.4 Å². The molecular weight excluding hydrogens is 366 g/mol. The van der Waals surface area contributed by atoms with Crippen LogP contribution in [0.1, 0.15) is 36.0 Å². The molecule has 0 atom stereocenters. The molecule has 0 aliphatic heterocycles. The number of carboxylic acid groups (broad SMARTS) is 1. The molecule has 6 heteroatoms. The van der Waals surface area contributed by atoms with Crippen molar-refractivity contribution in [1.82, 2.24) is 15.1 Å². The van der Waals surface area contributed by atoms with Crippen LogP contribution >= 0.6 is 0 Å². The van der Waals surface area contributed by atoms with Crippen LogP contribution in [-0.2, 0) is 4.79 Å². The first-order valence-corrected chi connectivity index (χ1v) is 9.86. The molecule has 1 aliphatic carbocycles. The number of hydrogen-bond donors (Lipinski definition) is 2. The number of carboxylic acids is 1. The molecule has 2 N–H and O–H groups in total. The molecule has 6 nitrogen and oxygen atoms in total. The Hall–Kier alpha value is -3.41. The number of aromatic nitrogens is 2. The van der Waals surface area contributed by atoms with Crippen LogP contribution < -0.4 is 5.32 Å². The number of hydrogen-bond acceptors (Lipinski definition) is 3. The van der Waals surface area contributed by atoms with E-state index in [1.54, 1.807) is 10.9 Å². The van der Waals surface area contributed by atoms with Gasteiger partial charge in [0.1, 0.15) is 5.69 Å². The SMILES string of the molecule is O=C(NC1CCC(C(=O)O)CC1)c1cn(-c2ccccc2)nc1-c1ccccc1. The van der Waals surface area contributed by atoms with E-state index >= 15 is 0 Å². The molecule has 29 heavy (non-hydrogen) atoms. The molecule has 0 bridgehead atoms. The molecule has 0 unspecified atom stereocenters. The molecule has 148 valence electrons. The van der Waals surface area contributed by atoms with Crippen LogP contribution in [0.4, 0.5) is 0 Å². The van der Waals surface area contributed by atoms with Gasteiger partial charge in [-0.05, 0) is 37.8 Å². The monoisotopic (exact) mass is 389 g/mol. The zero-order chi connectivity index (χ0) is 20.2. The Bertz CT molecular complexity index is 991. The van der Waals surface area contributed by atoms with Gasteiger partial charge in [-0.1, -0.05) is 48.5 Å². The first-order chi connectivity index (χ1) is 14.1. The number of aliphatic carboxylic acids is 1. The average molecular weight is 389 g/mol. The van der Waals surface area contributed by atoms with Crippen LogP contribution in [0.5, 0.6) is 0 Å². The van der Waals surface area contributed by atoms with Crippen molar-refractivity contribution in [3.63, 3.8) is 0 Å². The summed E-state index contributed by atoms with van der Waals surface area (Å²) >= 11 is 0. The Labute approximate surface area is 169 Å². The molecule has 0 radical (unpaired) electrons. The number of nitrogens with one attached hydrogen (secondary N) is 1. The summed E-state index contributed by atoms with van der Waals surface area (Å²) in [6.45, 7) is 0. The summed E-state index contributed by atoms with van der Waals surface area (Å²) in [7, 11) is 0. The van der Waals surface area contributed by atoms with E-state index in [-0.39, 0.29) is 17.9 Å². The lowest BCUT2D eigenvalue weighted by Gasteiger charge is -2.26. The number of amides is 1. The van der Waals surface area contributed by atoms with E-state index in [4.69, 9.17) is 5.11 Å². The summed E-state index contributed by atoms with van der Waals surface area (Å²) in [5, 5.41) is 16.9. The van der Waals surface area contributed by atoms with Gasteiger partial charge in [0.15, 0.2) is 0 Å². The number of carbonyl (C=O) groups excluding carboxylic acids is 1. The molecular formula is C23H23N3O3. The molecule has 3 aromatic rings. The Morgan fingerprint density at radius 1 is 0.931 bits per heavy atom. The van der Waals surface area contributed by atoms with Gasteiger partial charge in [0, 0.05) is 17.8 Å². The number of rotatable bonds is 5. The second-order valence-corrected chi connectivity index (χ2v) is 7.40. The maximum atomic E-state index is 13.1. The van der Waals surface area contributed by atoms with Gasteiger partial charge in [-0.15, -0.1) is 0 Å². The van der Waals surface area contributed by atoms with Gasteiger partial charge in [-0.25, -0.2) is 4.68 Å². The zero-order valence-corrected chi connectivity index (χ0v) is 16.0. The summed E-state index contributed by atoms with van der Waals surface area (Å²) in [5.74, 6) is -1.22. The van der Waals surface area contributed by atoms with Crippen LogP contribution in [0.3, 0.4) is 0 Å².